The Morgan fingerprint density at radius 2 is 2.00 bits per heavy atom. The Hall–Kier alpha value is -1.94. The van der Waals surface area contributed by atoms with Crippen LogP contribution in [0.5, 0.6) is 0 Å². The van der Waals surface area contributed by atoms with Gasteiger partial charge in [-0.1, -0.05) is 18.2 Å². The van der Waals surface area contributed by atoms with Crippen molar-refractivity contribution < 1.29 is 5.11 Å². The van der Waals surface area contributed by atoms with Crippen molar-refractivity contribution in [3.8, 4) is 0 Å². The summed E-state index contributed by atoms with van der Waals surface area (Å²) < 4.78 is 0. The Morgan fingerprint density at radius 3 is 2.82 bits per heavy atom. The van der Waals surface area contributed by atoms with Crippen LogP contribution < -0.4 is 5.32 Å². The molecular formula is C13H13N3O. The third-order valence-electron chi connectivity index (χ3n) is 2.99. The molecule has 1 aromatic heterocycles. The van der Waals surface area contributed by atoms with E-state index in [9.17, 15) is 5.11 Å². The molecule has 0 saturated heterocycles. The third kappa shape index (κ3) is 1.87. The van der Waals surface area contributed by atoms with Crippen molar-refractivity contribution in [2.24, 2.45) is 0 Å². The van der Waals surface area contributed by atoms with Crippen molar-refractivity contribution in [2.75, 3.05) is 5.32 Å². The van der Waals surface area contributed by atoms with E-state index in [1.807, 2.05) is 30.3 Å². The summed E-state index contributed by atoms with van der Waals surface area (Å²) in [4.78, 5) is 8.41. The van der Waals surface area contributed by atoms with E-state index in [-0.39, 0.29) is 0 Å². The van der Waals surface area contributed by atoms with Crippen LogP contribution in [0.25, 0.3) is 0 Å². The van der Waals surface area contributed by atoms with Gasteiger partial charge in [0.25, 0.3) is 0 Å². The predicted octanol–water partition coefficient (Wildman–Crippen LogP) is 2.20. The van der Waals surface area contributed by atoms with Crippen LogP contribution in [0.15, 0.2) is 36.7 Å². The summed E-state index contributed by atoms with van der Waals surface area (Å²) in [7, 11) is 0. The topological polar surface area (TPSA) is 58.0 Å². The largest absolute Gasteiger partial charge is 0.388 e. The lowest BCUT2D eigenvalue weighted by Gasteiger charge is -2.11. The highest BCUT2D eigenvalue weighted by Crippen LogP contribution is 2.34. The molecule has 1 aliphatic rings. The number of para-hydroxylation sites is 1. The molecule has 2 N–H and O–H groups in total. The average Bonchev–Trinajstić information content (AvgIpc) is 2.74. The van der Waals surface area contributed by atoms with Gasteiger partial charge in [0.2, 0.25) is 0 Å². The van der Waals surface area contributed by atoms with E-state index in [4.69, 9.17) is 0 Å². The minimum absolute atomic E-state index is 0.447. The Labute approximate surface area is 99.4 Å². The molecule has 1 heterocycles. The highest BCUT2D eigenvalue weighted by atomic mass is 16.3. The van der Waals surface area contributed by atoms with Crippen LogP contribution in [0.4, 0.5) is 11.5 Å². The van der Waals surface area contributed by atoms with Crippen LogP contribution in [0.1, 0.15) is 23.8 Å². The van der Waals surface area contributed by atoms with Crippen molar-refractivity contribution in [3.63, 3.8) is 0 Å². The number of aryl methyl sites for hydroxylation is 1. The van der Waals surface area contributed by atoms with Gasteiger partial charge in [0.05, 0.1) is 11.8 Å². The van der Waals surface area contributed by atoms with Gasteiger partial charge < -0.3 is 10.4 Å². The maximum atomic E-state index is 9.92. The first-order chi connectivity index (χ1) is 8.34. The van der Waals surface area contributed by atoms with Crippen molar-refractivity contribution in [3.05, 3.63) is 47.9 Å². The van der Waals surface area contributed by atoms with E-state index in [1.165, 1.54) is 0 Å². The average molecular weight is 227 g/mol. The van der Waals surface area contributed by atoms with Crippen LogP contribution in [0.3, 0.4) is 0 Å². The van der Waals surface area contributed by atoms with Crippen molar-refractivity contribution in [1.82, 2.24) is 9.97 Å². The molecule has 0 amide bonds. The summed E-state index contributed by atoms with van der Waals surface area (Å²) in [6.45, 7) is 0. The lowest BCUT2D eigenvalue weighted by molar-refractivity contribution is 0.180. The standard InChI is InChI=1S/C13H13N3O/c17-11-7-6-10-12(11)13(15-8-14-10)16-9-4-2-1-3-5-9/h1-5,8,11,17H,6-7H2,(H,14,15,16). The van der Waals surface area contributed by atoms with Crippen LogP contribution in [0.2, 0.25) is 0 Å². The van der Waals surface area contributed by atoms with Crippen LogP contribution in [-0.4, -0.2) is 15.1 Å². The summed E-state index contributed by atoms with van der Waals surface area (Å²) in [5, 5.41) is 13.1. The Balaban J connectivity index is 1.97. The fourth-order valence-electron chi connectivity index (χ4n) is 2.16. The number of hydrogen-bond donors (Lipinski definition) is 2. The minimum Gasteiger partial charge on any atom is -0.388 e. The molecule has 1 unspecified atom stereocenters. The van der Waals surface area contributed by atoms with Gasteiger partial charge in [-0.2, -0.15) is 0 Å². The molecule has 3 rings (SSSR count). The highest BCUT2D eigenvalue weighted by Gasteiger charge is 2.25. The second-order valence-corrected chi connectivity index (χ2v) is 4.13. The zero-order chi connectivity index (χ0) is 11.7. The molecule has 0 fully saturated rings. The Morgan fingerprint density at radius 1 is 1.18 bits per heavy atom. The summed E-state index contributed by atoms with van der Waals surface area (Å²) in [5.74, 6) is 0.714. The number of anilines is 2. The molecule has 4 nitrogen and oxygen atoms in total. The van der Waals surface area contributed by atoms with Gasteiger partial charge in [0, 0.05) is 11.3 Å². The third-order valence-corrected chi connectivity index (χ3v) is 2.99. The number of fused-ring (bicyclic) bond motifs is 1. The molecule has 0 bridgehead atoms. The summed E-state index contributed by atoms with van der Waals surface area (Å²) in [6, 6.07) is 9.82. The predicted molar refractivity (Wildman–Crippen MR) is 65.0 cm³/mol. The molecule has 0 aliphatic heterocycles. The Bertz CT molecular complexity index is 527. The first-order valence-corrected chi connectivity index (χ1v) is 5.68. The Kier molecular flexibility index (Phi) is 2.49. The van der Waals surface area contributed by atoms with Crippen molar-refractivity contribution in [1.29, 1.82) is 0 Å². The number of nitrogens with zero attached hydrogens (tertiary/aromatic N) is 2. The first-order valence-electron chi connectivity index (χ1n) is 5.68. The lowest BCUT2D eigenvalue weighted by Crippen LogP contribution is -2.03. The van der Waals surface area contributed by atoms with Gasteiger partial charge in [0.1, 0.15) is 12.1 Å². The normalized spacial score (nSPS) is 17.8. The smallest absolute Gasteiger partial charge is 0.139 e. The minimum atomic E-state index is -0.447. The highest BCUT2D eigenvalue weighted by molar-refractivity contribution is 5.61. The SMILES string of the molecule is OC1CCc2ncnc(Nc3ccccc3)c21. The molecule has 1 aliphatic carbocycles. The van der Waals surface area contributed by atoms with E-state index in [0.717, 1.165) is 29.8 Å². The van der Waals surface area contributed by atoms with Gasteiger partial charge in [-0.15, -0.1) is 0 Å². The van der Waals surface area contributed by atoms with E-state index in [1.54, 1.807) is 6.33 Å². The molecule has 1 aromatic carbocycles. The van der Waals surface area contributed by atoms with Crippen molar-refractivity contribution >= 4 is 11.5 Å². The molecular weight excluding hydrogens is 214 g/mol. The molecule has 0 spiro atoms. The number of benzene rings is 1. The van der Waals surface area contributed by atoms with Crippen molar-refractivity contribution in [2.45, 2.75) is 18.9 Å². The zero-order valence-corrected chi connectivity index (χ0v) is 9.30. The maximum Gasteiger partial charge on any atom is 0.139 e. The molecule has 86 valence electrons. The van der Waals surface area contributed by atoms with Gasteiger partial charge >= 0.3 is 0 Å². The second-order valence-electron chi connectivity index (χ2n) is 4.13. The van der Waals surface area contributed by atoms with Crippen LogP contribution in [-0.2, 0) is 6.42 Å². The number of hydrogen-bond acceptors (Lipinski definition) is 4. The van der Waals surface area contributed by atoms with E-state index < -0.39 is 6.10 Å². The van der Waals surface area contributed by atoms with Gasteiger partial charge in [-0.05, 0) is 25.0 Å². The second kappa shape index (κ2) is 4.14. The fraction of sp³-hybridized carbons (Fsp3) is 0.231. The lowest BCUT2D eigenvalue weighted by atomic mass is 10.2. The van der Waals surface area contributed by atoms with E-state index >= 15 is 0 Å². The first kappa shape index (κ1) is 10.2. The number of aromatic nitrogens is 2. The number of aliphatic hydroxyl groups is 1. The van der Waals surface area contributed by atoms with E-state index in [0.29, 0.717) is 5.82 Å². The quantitative estimate of drug-likeness (QED) is 0.825. The van der Waals surface area contributed by atoms with Gasteiger partial charge in [0.15, 0.2) is 0 Å². The number of nitrogens with one attached hydrogen (secondary N) is 1. The monoisotopic (exact) mass is 227 g/mol. The number of aliphatic hydroxyl groups excluding tert-OH is 1. The summed E-state index contributed by atoms with van der Waals surface area (Å²) in [5.41, 5.74) is 2.76. The van der Waals surface area contributed by atoms with Gasteiger partial charge in [-0.25, -0.2) is 9.97 Å². The molecule has 0 radical (unpaired) electrons. The molecule has 1 atom stereocenters. The fourth-order valence-corrected chi connectivity index (χ4v) is 2.16. The van der Waals surface area contributed by atoms with Gasteiger partial charge in [-0.3, -0.25) is 0 Å². The summed E-state index contributed by atoms with van der Waals surface area (Å²) in [6.07, 6.45) is 2.65. The molecule has 0 saturated carbocycles. The summed E-state index contributed by atoms with van der Waals surface area (Å²) >= 11 is 0. The maximum absolute atomic E-state index is 9.92. The van der Waals surface area contributed by atoms with Crippen LogP contribution in [0, 0.1) is 0 Å². The zero-order valence-electron chi connectivity index (χ0n) is 9.30. The molecule has 4 heteroatoms. The van der Waals surface area contributed by atoms with E-state index in [2.05, 4.69) is 15.3 Å². The van der Waals surface area contributed by atoms with Crippen LogP contribution >= 0.6 is 0 Å². The molecule has 17 heavy (non-hydrogen) atoms. The number of rotatable bonds is 2. The molecule has 2 aromatic rings.